The van der Waals surface area contributed by atoms with Crippen molar-refractivity contribution in [2.24, 2.45) is 42.8 Å². The molecule has 0 saturated heterocycles. The molecular weight excluding hydrogens is 1470 g/mol. The van der Waals surface area contributed by atoms with Gasteiger partial charge in [0.25, 0.3) is 0 Å². The predicted octanol–water partition coefficient (Wildman–Crippen LogP) is -6.53. The first-order chi connectivity index (χ1) is 49.2. The fraction of sp³-hybridized carbons (Fsp3) is 0.519. The number of aliphatic hydroxyl groups is 3. The van der Waals surface area contributed by atoms with Crippen molar-refractivity contribution in [2.45, 2.75) is 180 Å². The molecule has 0 fully saturated rings. The summed E-state index contributed by atoms with van der Waals surface area (Å²) in [7, 11) is 10.5. The van der Waals surface area contributed by atoms with Crippen LogP contribution in [-0.4, -0.2) is 132 Å². The molecule has 0 aromatic carbocycles. The number of carbonyl (C=O) groups excluding carboxylic acids is 8. The Kier molecular flexibility index (Phi) is 35.5. The highest BCUT2D eigenvalue weighted by molar-refractivity contribution is 6.03. The molecule has 0 spiro atoms. The minimum atomic E-state index is -0.742. The Balaban J connectivity index is 0.000000720. The van der Waals surface area contributed by atoms with Crippen LogP contribution in [0.3, 0.4) is 0 Å². The Morgan fingerprint density at radius 2 is 0.587 bits per heavy atom. The van der Waals surface area contributed by atoms with Gasteiger partial charge in [-0.3, -0.25) is 67.4 Å². The largest absolute Gasteiger partial charge is 1.00 e. The van der Waals surface area contributed by atoms with E-state index in [1.807, 2.05) is 55.5 Å². The van der Waals surface area contributed by atoms with Crippen molar-refractivity contribution in [3.63, 3.8) is 0 Å². The van der Waals surface area contributed by atoms with Crippen LogP contribution in [0.25, 0.3) is 0 Å². The number of nitrogens with zero attached hydrogens (tertiary/aromatic N) is 3. The molecule has 3 aromatic rings. The summed E-state index contributed by atoms with van der Waals surface area (Å²) in [6.07, 6.45) is 6.59. The Labute approximate surface area is 655 Å². The average molecular weight is 1590 g/mol. The van der Waals surface area contributed by atoms with E-state index < -0.39 is 78.3 Å². The number of allylic oxidation sites excluding steroid dienone is 6. The van der Waals surface area contributed by atoms with Gasteiger partial charge in [-0.25, -0.2) is 0 Å². The van der Waals surface area contributed by atoms with E-state index in [2.05, 4.69) is 38.5 Å². The second-order valence-electron chi connectivity index (χ2n) is 30.3. The van der Waals surface area contributed by atoms with Gasteiger partial charge >= 0.3 is 0 Å². The summed E-state index contributed by atoms with van der Waals surface area (Å²) < 4.78 is 4.86. The Hall–Kier alpha value is -9.26. The van der Waals surface area contributed by atoms with Crippen molar-refractivity contribution in [1.29, 1.82) is 0 Å². The summed E-state index contributed by atoms with van der Waals surface area (Å²) in [6.45, 7) is 26.2. The van der Waals surface area contributed by atoms with E-state index in [1.54, 1.807) is 89.6 Å². The number of aromatic nitrogens is 3. The number of amides is 6. The second-order valence-corrected chi connectivity index (χ2v) is 30.3. The number of aryl methyl sites for hydroxylation is 3. The van der Waals surface area contributed by atoms with Crippen LogP contribution in [0.2, 0.25) is 0 Å². The highest BCUT2D eigenvalue weighted by Crippen LogP contribution is 2.51. The first-order valence-corrected chi connectivity index (χ1v) is 35.6. The Morgan fingerprint density at radius 3 is 0.817 bits per heavy atom. The van der Waals surface area contributed by atoms with E-state index in [4.69, 9.17) is 0 Å². The van der Waals surface area contributed by atoms with E-state index in [9.17, 15) is 83.4 Å². The van der Waals surface area contributed by atoms with Gasteiger partial charge in [0.15, 0.2) is 40.1 Å². The lowest BCUT2D eigenvalue weighted by Crippen LogP contribution is -3.06. The third-order valence-electron chi connectivity index (χ3n) is 22.1. The molecule has 604 valence electrons. The number of aliphatic hydroxyl groups excluding tert-OH is 3. The maximum atomic E-state index is 13.3. The van der Waals surface area contributed by atoms with Gasteiger partial charge in [0.05, 0.1) is 77.5 Å². The normalized spacial score (nSPS) is 16.5. The highest BCUT2D eigenvalue weighted by atomic mass is 35.5. The molecule has 3 atom stereocenters. The van der Waals surface area contributed by atoms with Gasteiger partial charge in [-0.15, -0.1) is 0 Å². The number of halogens is 3. The van der Waals surface area contributed by atoms with Crippen LogP contribution in [0.15, 0.2) is 114 Å². The van der Waals surface area contributed by atoms with Crippen LogP contribution in [0.1, 0.15) is 174 Å². The van der Waals surface area contributed by atoms with E-state index in [-0.39, 0.29) is 193 Å². The lowest BCUT2D eigenvalue weighted by atomic mass is 9.59. The minimum absolute atomic E-state index is 0. The molecule has 3 aliphatic heterocycles. The zero-order chi connectivity index (χ0) is 80.0. The number of carbonyl (C=O) groups is 8. The number of hydrogen-bond donors (Lipinski definition) is 15. The second kappa shape index (κ2) is 40.4. The van der Waals surface area contributed by atoms with E-state index in [0.29, 0.717) is 80.2 Å². The minimum Gasteiger partial charge on any atom is -1.00 e. The molecule has 6 rings (SSSR count). The first-order valence-electron chi connectivity index (χ1n) is 35.6. The molecule has 0 aliphatic carbocycles. The smallest absolute Gasteiger partial charge is 0.231 e. The van der Waals surface area contributed by atoms with Crippen LogP contribution in [0, 0.1) is 42.4 Å². The van der Waals surface area contributed by atoms with Crippen LogP contribution >= 0.6 is 0 Å². The van der Waals surface area contributed by atoms with Gasteiger partial charge in [0.1, 0.15) is 17.1 Å². The van der Waals surface area contributed by atoms with Crippen LogP contribution < -0.4 is 100 Å². The van der Waals surface area contributed by atoms with Gasteiger partial charge in [-0.1, -0.05) is 48.1 Å². The van der Waals surface area contributed by atoms with Gasteiger partial charge < -0.3 is 113 Å². The molecule has 109 heavy (non-hydrogen) atoms. The molecule has 3 aromatic heterocycles. The van der Waals surface area contributed by atoms with Gasteiger partial charge in [0, 0.05) is 140 Å². The molecule has 15 N–H and O–H groups in total. The van der Waals surface area contributed by atoms with Crippen molar-refractivity contribution in [3.8, 4) is 17.2 Å². The number of rotatable bonds is 30. The molecule has 6 heterocycles. The molecule has 32 heteroatoms. The van der Waals surface area contributed by atoms with Crippen LogP contribution in [0.5, 0.6) is 17.2 Å². The van der Waals surface area contributed by atoms with E-state index in [1.165, 1.54) is 30.4 Å². The van der Waals surface area contributed by atoms with Gasteiger partial charge in [-0.2, -0.15) is 0 Å². The number of aromatic hydroxyl groups is 3. The molecule has 0 bridgehead atoms. The third-order valence-corrected chi connectivity index (χ3v) is 22.1. The fourth-order valence-electron chi connectivity index (χ4n) is 13.5. The number of likely N-dealkylation sites (N-methyl/N-ethyl adjacent to an activating group) is 3. The molecule has 0 saturated carbocycles. The monoisotopic (exact) mass is 1580 g/mol. The van der Waals surface area contributed by atoms with Crippen molar-refractivity contribution in [1.82, 2.24) is 45.6 Å². The van der Waals surface area contributed by atoms with Crippen LogP contribution in [-0.2, 0) is 79.1 Å². The number of nitrogens with one attached hydrogen (secondary N) is 9. The molecule has 3 unspecified atom stereocenters. The Bertz CT molecular complexity index is 3950. The maximum absolute atomic E-state index is 13.3. The van der Waals surface area contributed by atoms with Crippen molar-refractivity contribution >= 4 is 47.0 Å². The number of pyridine rings is 3. The summed E-state index contributed by atoms with van der Waals surface area (Å²) >= 11 is 0. The topological polar surface area (TPSA) is 409 Å². The lowest BCUT2D eigenvalue weighted by molar-refractivity contribution is -0.799. The Morgan fingerprint density at radius 1 is 0.376 bits per heavy atom. The first kappa shape index (κ1) is 95.8. The van der Waals surface area contributed by atoms with Crippen molar-refractivity contribution in [2.75, 3.05) is 40.8 Å². The number of quaternary nitrogens is 3. The maximum Gasteiger partial charge on any atom is 0.231 e. The number of hydrogen-bond acceptors (Lipinski definition) is 17. The molecule has 29 nitrogen and oxygen atoms in total. The highest BCUT2D eigenvalue weighted by Gasteiger charge is 2.44. The van der Waals surface area contributed by atoms with E-state index >= 15 is 0 Å². The zero-order valence-corrected chi connectivity index (χ0v) is 68.3. The fourth-order valence-corrected chi connectivity index (χ4v) is 13.5. The van der Waals surface area contributed by atoms with Crippen LogP contribution in [0.4, 0.5) is 0 Å². The quantitative estimate of drug-likeness (QED) is 0.0295. The average Bonchev–Trinajstić information content (AvgIpc) is 0.801. The third kappa shape index (κ3) is 24.4. The summed E-state index contributed by atoms with van der Waals surface area (Å²) in [6, 6.07) is 3.92. The predicted molar refractivity (Wildman–Crippen MR) is 398 cm³/mol. The van der Waals surface area contributed by atoms with E-state index in [0.717, 1.165) is 10.6 Å². The van der Waals surface area contributed by atoms with Gasteiger partial charge in [-0.05, 0) is 81.0 Å². The molecular formula is C77H113Cl3N12O17. The lowest BCUT2D eigenvalue weighted by Gasteiger charge is -2.45. The molecule has 6 amide bonds. The summed E-state index contributed by atoms with van der Waals surface area (Å²) in [5.74, 6) is -5.05. The van der Waals surface area contributed by atoms with Gasteiger partial charge in [0.2, 0.25) is 74.8 Å². The summed E-state index contributed by atoms with van der Waals surface area (Å²) in [4.78, 5) is 143. The SMILES string of the molecule is C=C1C=C(C)[NH+](C)C(CNC(=O)CCC(CCC(=O)NCC2=C(O)C(=O)C=C(C)[NH+]2C)(CCC(=O)NCC2=C(O)C(=O)C=C(C)[NH+]2C)C(C)(C)C)=C1O.Cc1cc(=O)c(O)c(CNC(=O)CCC(CCC(=O)NCc2c(O)c(=O)cc(C)n2C)(CCC(=O)NCc2c(O)c(=O)cc(C)n2C)C(C)(C)C)n1C.[Cl-].[Cl-].[Cl-]. The van der Waals surface area contributed by atoms with Crippen molar-refractivity contribution < 1.29 is 121 Å². The molecule has 0 radical (unpaired) electrons. The number of ketones is 2. The summed E-state index contributed by atoms with van der Waals surface area (Å²) in [5.41, 5.74) is 2.68. The summed E-state index contributed by atoms with van der Waals surface area (Å²) in [5, 5.41) is 79.4. The zero-order valence-electron chi connectivity index (χ0n) is 66.0. The van der Waals surface area contributed by atoms with Crippen molar-refractivity contribution in [3.05, 3.63) is 165 Å². The standard InChI is InChI=1S/C39H56N6O8.C38H54N6O9.3ClH/c1-23-17-24(2)43(8)27(35(23)51)20-40-32(48)11-14-39(38(5,6)7,15-12-33(49)41-21-28-36(52)30(46)18-25(3)44(28)9)16-13-34(50)42-22-29-37(53)31(47)19-26(4)45(29)10;1-22-16-28(45)34(51)25(42(22)7)19-39-31(48)10-13-38(37(4,5)6,14-11-32(49)40-20-26-35(52)29(46)17-23(2)43(26)8)15-12-33(50)41-21-27-36(53)30(47)18-24(3)44(27)9;;;/h17-19,51-53H,1,11-16,20-22H2,2-10H3,(H,40,48)(H,41,49)(H,42,50);16-18,51-53H,10-15,19-21H2,1-9H3,(H,39,48)(H,40,49)(H,41,50);3*1H. The molecule has 3 aliphatic rings.